The van der Waals surface area contributed by atoms with Gasteiger partial charge in [-0.25, -0.2) is 0 Å². The molecule has 0 rings (SSSR count). The van der Waals surface area contributed by atoms with Crippen LogP contribution in [0.25, 0.3) is 0 Å². The van der Waals surface area contributed by atoms with Gasteiger partial charge >= 0.3 is 0 Å². The number of hydrogen-bond acceptors (Lipinski definition) is 0. The first-order chi connectivity index (χ1) is 3.41. The molecule has 0 aliphatic rings. The molecule has 0 aliphatic heterocycles. The van der Waals surface area contributed by atoms with Gasteiger partial charge in [-0.15, -0.1) is 11.8 Å². The van der Waals surface area contributed by atoms with Crippen LogP contribution in [0, 0.1) is 18.4 Å². The molecule has 0 aliphatic carbocycles. The maximum atomic E-state index is 5.08. The highest BCUT2D eigenvalue weighted by Gasteiger charge is 1.67. The molecule has 1 radical (unpaired) electrons. The Labute approximate surface area is 45.2 Å². The second kappa shape index (κ2) is 5.30. The van der Waals surface area contributed by atoms with Crippen molar-refractivity contribution in [2.24, 2.45) is 0 Å². The third-order valence-electron chi connectivity index (χ3n) is 0.613. The van der Waals surface area contributed by atoms with E-state index in [-0.39, 0.29) is 0 Å². The highest BCUT2D eigenvalue weighted by Crippen LogP contribution is 1.83. The summed E-state index contributed by atoms with van der Waals surface area (Å²) in [4.78, 5) is 0. The second-order valence-electron chi connectivity index (χ2n) is 1.20. The first-order valence-corrected chi connectivity index (χ1v) is 2.35. The predicted octanol–water partition coefficient (Wildman–Crippen LogP) is 1.78. The lowest BCUT2D eigenvalue weighted by Gasteiger charge is -1.75. The number of rotatable bonds is 2. The molecule has 0 unspecified atom stereocenters. The van der Waals surface area contributed by atoms with Gasteiger partial charge in [0.25, 0.3) is 0 Å². The Hall–Kier alpha value is -0.700. The Bertz CT molecular complexity index is 90.3. The summed E-state index contributed by atoms with van der Waals surface area (Å²) in [5.41, 5.74) is 0. The maximum Gasteiger partial charge on any atom is 0.0123 e. The van der Waals surface area contributed by atoms with Gasteiger partial charge in [-0.2, -0.15) is 0 Å². The van der Waals surface area contributed by atoms with Gasteiger partial charge in [-0.05, 0) is 13.3 Å². The van der Waals surface area contributed by atoms with E-state index in [0.717, 1.165) is 12.8 Å². The third kappa shape index (κ3) is 5.30. The molecule has 0 heteroatoms. The van der Waals surface area contributed by atoms with Crippen LogP contribution in [0.2, 0.25) is 0 Å². The Balaban J connectivity index is 2.92. The molecule has 37 valence electrons. The average Bonchev–Trinajstić information content (AvgIpc) is 1.69. The van der Waals surface area contributed by atoms with Crippen LogP contribution < -0.4 is 0 Å². The van der Waals surface area contributed by atoms with Gasteiger partial charge in [-0.1, -0.05) is 12.7 Å². The Morgan fingerprint density at radius 1 is 1.71 bits per heavy atom. The van der Waals surface area contributed by atoms with Crippen LogP contribution in [0.5, 0.6) is 0 Å². The molecular formula is C7H9. The van der Waals surface area contributed by atoms with E-state index in [4.69, 9.17) is 6.58 Å². The summed E-state index contributed by atoms with van der Waals surface area (Å²) in [6.45, 7) is 6.91. The van der Waals surface area contributed by atoms with Gasteiger partial charge in [0.1, 0.15) is 0 Å². The van der Waals surface area contributed by atoms with E-state index in [0.29, 0.717) is 0 Å². The third-order valence-corrected chi connectivity index (χ3v) is 0.613. The minimum atomic E-state index is 0.896. The highest BCUT2D eigenvalue weighted by atomic mass is 13.7. The molecule has 0 aromatic carbocycles. The van der Waals surface area contributed by atoms with Gasteiger partial charge in [-0.3, -0.25) is 0 Å². The lowest BCUT2D eigenvalue weighted by molar-refractivity contribution is 1.09. The van der Waals surface area contributed by atoms with Gasteiger partial charge < -0.3 is 0 Å². The van der Waals surface area contributed by atoms with Gasteiger partial charge in [0.2, 0.25) is 0 Å². The molecule has 0 amide bonds. The van der Waals surface area contributed by atoms with Crippen LogP contribution in [0.1, 0.15) is 19.8 Å². The normalized spacial score (nSPS) is 6.43. The van der Waals surface area contributed by atoms with Crippen molar-refractivity contribution in [1.82, 2.24) is 0 Å². The van der Waals surface area contributed by atoms with Crippen molar-refractivity contribution in [3.63, 3.8) is 0 Å². The fraction of sp³-hybridized carbons (Fsp3) is 0.429. The molecule has 0 fully saturated rings. The lowest BCUT2D eigenvalue weighted by atomic mass is 10.3. The van der Waals surface area contributed by atoms with E-state index in [9.17, 15) is 0 Å². The number of allylic oxidation sites excluding steroid dienone is 1. The van der Waals surface area contributed by atoms with Crippen molar-refractivity contribution in [1.29, 1.82) is 0 Å². The predicted molar refractivity (Wildman–Crippen MR) is 31.6 cm³/mol. The van der Waals surface area contributed by atoms with Crippen LogP contribution >= 0.6 is 0 Å². The zero-order chi connectivity index (χ0) is 5.54. The summed E-state index contributed by atoms with van der Waals surface area (Å²) < 4.78 is 0. The lowest BCUT2D eigenvalue weighted by Crippen LogP contribution is -1.59. The maximum absolute atomic E-state index is 5.08. The Morgan fingerprint density at radius 3 is 2.86 bits per heavy atom. The summed E-state index contributed by atoms with van der Waals surface area (Å²) in [5, 5.41) is 0. The van der Waals surface area contributed by atoms with Crippen molar-refractivity contribution < 1.29 is 0 Å². The molecule has 7 heavy (non-hydrogen) atoms. The zero-order valence-electron chi connectivity index (χ0n) is 4.57. The first-order valence-electron chi connectivity index (χ1n) is 2.35. The van der Waals surface area contributed by atoms with Gasteiger partial charge in [0.15, 0.2) is 0 Å². The van der Waals surface area contributed by atoms with Crippen LogP contribution in [0.15, 0.2) is 6.08 Å². The van der Waals surface area contributed by atoms with Crippen molar-refractivity contribution in [3.8, 4) is 11.8 Å². The second-order valence-corrected chi connectivity index (χ2v) is 1.20. The molecular weight excluding hydrogens is 84.1 g/mol. The van der Waals surface area contributed by atoms with E-state index in [1.165, 1.54) is 0 Å². The SMILES string of the molecule is [CH]=CCCC#CC. The first kappa shape index (κ1) is 6.30. The summed E-state index contributed by atoms with van der Waals surface area (Å²) in [5.74, 6) is 5.66. The molecule has 0 atom stereocenters. The zero-order valence-corrected chi connectivity index (χ0v) is 4.57. The largest absolute Gasteiger partial charge is 0.107 e. The number of unbranched alkanes of at least 4 members (excludes halogenated alkanes) is 1. The molecule has 0 aromatic heterocycles. The molecule has 0 bridgehead atoms. The van der Waals surface area contributed by atoms with Crippen LogP contribution in [-0.4, -0.2) is 0 Å². The van der Waals surface area contributed by atoms with Crippen LogP contribution in [-0.2, 0) is 0 Å². The molecule has 0 saturated heterocycles. The molecule has 0 aromatic rings. The van der Waals surface area contributed by atoms with Gasteiger partial charge in [0, 0.05) is 6.42 Å². The topological polar surface area (TPSA) is 0 Å². The molecule has 0 saturated carbocycles. The quantitative estimate of drug-likeness (QED) is 0.360. The summed E-state index contributed by atoms with van der Waals surface area (Å²) in [6, 6.07) is 0. The highest BCUT2D eigenvalue weighted by molar-refractivity contribution is 4.95. The standard InChI is InChI=1S/C7H9/c1-3-5-7-6-4-2/h1,3H,5,7H2,2H3. The Kier molecular flexibility index (Phi) is 4.77. The van der Waals surface area contributed by atoms with Gasteiger partial charge in [0.05, 0.1) is 0 Å². The van der Waals surface area contributed by atoms with E-state index in [1.807, 2.05) is 6.92 Å². The van der Waals surface area contributed by atoms with Crippen LogP contribution in [0.3, 0.4) is 0 Å². The summed E-state index contributed by atoms with van der Waals surface area (Å²) >= 11 is 0. The average molecular weight is 93.1 g/mol. The van der Waals surface area contributed by atoms with E-state index in [1.54, 1.807) is 6.08 Å². The monoisotopic (exact) mass is 93.1 g/mol. The van der Waals surface area contributed by atoms with Crippen molar-refractivity contribution in [2.75, 3.05) is 0 Å². The summed E-state index contributed by atoms with van der Waals surface area (Å²) in [7, 11) is 0. The van der Waals surface area contributed by atoms with E-state index < -0.39 is 0 Å². The molecule has 0 heterocycles. The molecule has 0 N–H and O–H groups in total. The Morgan fingerprint density at radius 2 is 2.43 bits per heavy atom. The number of hydrogen-bond donors (Lipinski definition) is 0. The minimum Gasteiger partial charge on any atom is -0.107 e. The fourth-order valence-corrected chi connectivity index (χ4v) is 0.281. The van der Waals surface area contributed by atoms with E-state index >= 15 is 0 Å². The van der Waals surface area contributed by atoms with Crippen molar-refractivity contribution >= 4 is 0 Å². The smallest absolute Gasteiger partial charge is 0.0123 e. The van der Waals surface area contributed by atoms with E-state index in [2.05, 4.69) is 11.8 Å². The molecule has 0 nitrogen and oxygen atoms in total. The van der Waals surface area contributed by atoms with Crippen LogP contribution in [0.4, 0.5) is 0 Å². The fourth-order valence-electron chi connectivity index (χ4n) is 0.281. The molecule has 0 spiro atoms. The minimum absolute atomic E-state index is 0.896. The van der Waals surface area contributed by atoms with Crippen molar-refractivity contribution in [2.45, 2.75) is 19.8 Å². The van der Waals surface area contributed by atoms with Crippen molar-refractivity contribution in [3.05, 3.63) is 12.7 Å². The summed E-state index contributed by atoms with van der Waals surface area (Å²) in [6.07, 6.45) is 3.43.